The molecule has 7 unspecified atom stereocenters. The Morgan fingerprint density at radius 2 is 2.00 bits per heavy atom. The van der Waals surface area contributed by atoms with Crippen LogP contribution in [0.25, 0.3) is 0 Å². The average molecular weight is 402 g/mol. The first-order valence-electron chi connectivity index (χ1n) is 10.3. The molecule has 2 rings (SSSR count). The van der Waals surface area contributed by atoms with Crippen molar-refractivity contribution in [2.24, 2.45) is 23.7 Å². The molecule has 2 amide bonds. The van der Waals surface area contributed by atoms with Gasteiger partial charge in [-0.15, -0.1) is 11.6 Å². The zero-order valence-corrected chi connectivity index (χ0v) is 17.8. The summed E-state index contributed by atoms with van der Waals surface area (Å²) in [5.41, 5.74) is 0. The number of piperidine rings is 1. The van der Waals surface area contributed by atoms with Gasteiger partial charge in [0, 0.05) is 36.5 Å². The second kappa shape index (κ2) is 10.1. The molecule has 1 saturated carbocycles. The van der Waals surface area contributed by atoms with E-state index in [1.165, 1.54) is 0 Å². The number of likely N-dealkylation sites (N-methyl/N-ethyl adjacent to an activating group) is 1. The number of carbonyl (C=O) groups excluding carboxylic acids is 2. The molecule has 0 aromatic rings. The first kappa shape index (κ1) is 22.4. The van der Waals surface area contributed by atoms with Gasteiger partial charge in [0.1, 0.15) is 0 Å². The van der Waals surface area contributed by atoms with E-state index in [0.29, 0.717) is 19.5 Å². The summed E-state index contributed by atoms with van der Waals surface area (Å²) < 4.78 is 0. The molecule has 0 radical (unpaired) electrons. The predicted octanol–water partition coefficient (Wildman–Crippen LogP) is 1.60. The van der Waals surface area contributed by atoms with Gasteiger partial charge in [-0.25, -0.2) is 0 Å². The number of nitrogens with one attached hydrogen (secondary N) is 2. The minimum Gasteiger partial charge on any atom is -0.395 e. The van der Waals surface area contributed by atoms with Crippen molar-refractivity contribution < 1.29 is 14.7 Å². The molecule has 2 fully saturated rings. The third kappa shape index (κ3) is 5.58. The van der Waals surface area contributed by atoms with Crippen LogP contribution in [-0.4, -0.2) is 65.5 Å². The van der Waals surface area contributed by atoms with Crippen molar-refractivity contribution in [2.75, 3.05) is 26.2 Å². The first-order chi connectivity index (χ1) is 12.8. The van der Waals surface area contributed by atoms with Crippen LogP contribution in [0.15, 0.2) is 0 Å². The lowest BCUT2D eigenvalue weighted by atomic mass is 9.75. The maximum atomic E-state index is 12.9. The van der Waals surface area contributed by atoms with Gasteiger partial charge in [-0.3, -0.25) is 14.5 Å². The monoisotopic (exact) mass is 401 g/mol. The molecule has 0 spiro atoms. The van der Waals surface area contributed by atoms with E-state index >= 15 is 0 Å². The maximum Gasteiger partial charge on any atom is 0.225 e. The van der Waals surface area contributed by atoms with Gasteiger partial charge in [0.25, 0.3) is 0 Å². The number of amides is 2. The zero-order chi connectivity index (χ0) is 20.1. The van der Waals surface area contributed by atoms with Gasteiger partial charge in [-0.2, -0.15) is 0 Å². The van der Waals surface area contributed by atoms with Crippen molar-refractivity contribution >= 4 is 23.4 Å². The Hall–Kier alpha value is -0.850. The van der Waals surface area contributed by atoms with Crippen molar-refractivity contribution in [3.63, 3.8) is 0 Å². The van der Waals surface area contributed by atoms with E-state index in [-0.39, 0.29) is 59.6 Å². The van der Waals surface area contributed by atoms with E-state index in [9.17, 15) is 14.7 Å². The fraction of sp³-hybridized carbons (Fsp3) is 0.900. The van der Waals surface area contributed by atoms with Crippen molar-refractivity contribution in [3.05, 3.63) is 0 Å². The highest BCUT2D eigenvalue weighted by Crippen LogP contribution is 2.36. The summed E-state index contributed by atoms with van der Waals surface area (Å²) in [6.07, 6.45) is 2.43. The third-order valence-electron chi connectivity index (χ3n) is 6.48. The van der Waals surface area contributed by atoms with Gasteiger partial charge in [0.15, 0.2) is 0 Å². The number of rotatable bonds is 7. The van der Waals surface area contributed by atoms with Crippen LogP contribution >= 0.6 is 11.6 Å². The van der Waals surface area contributed by atoms with Gasteiger partial charge in [0.2, 0.25) is 11.8 Å². The SMILES string of the molecule is CCN(CCO)C1CC(Cl)CC(C(=O)NCC2C(=O)NC(C)CC2C)C1C. The molecule has 3 N–H and O–H groups in total. The van der Waals surface area contributed by atoms with E-state index in [0.717, 1.165) is 19.4 Å². The van der Waals surface area contributed by atoms with Crippen LogP contribution in [0.5, 0.6) is 0 Å². The molecule has 1 heterocycles. The van der Waals surface area contributed by atoms with E-state index in [4.69, 9.17) is 11.6 Å². The largest absolute Gasteiger partial charge is 0.395 e. The Kier molecular flexibility index (Phi) is 8.38. The number of aliphatic hydroxyl groups excluding tert-OH is 1. The summed E-state index contributed by atoms with van der Waals surface area (Å²) >= 11 is 6.49. The quantitative estimate of drug-likeness (QED) is 0.566. The zero-order valence-electron chi connectivity index (χ0n) is 17.1. The van der Waals surface area contributed by atoms with Crippen LogP contribution < -0.4 is 10.6 Å². The van der Waals surface area contributed by atoms with Gasteiger partial charge in [0.05, 0.1) is 12.5 Å². The topological polar surface area (TPSA) is 81.7 Å². The number of alkyl halides is 1. The summed E-state index contributed by atoms with van der Waals surface area (Å²) in [5, 5.41) is 15.3. The molecule has 2 aliphatic rings. The van der Waals surface area contributed by atoms with E-state index in [2.05, 4.69) is 36.3 Å². The number of hydrogen-bond acceptors (Lipinski definition) is 4. The normalized spacial score (nSPS) is 37.1. The van der Waals surface area contributed by atoms with Crippen molar-refractivity contribution in [2.45, 2.75) is 64.4 Å². The number of halogens is 1. The predicted molar refractivity (Wildman–Crippen MR) is 108 cm³/mol. The Morgan fingerprint density at radius 1 is 1.30 bits per heavy atom. The smallest absolute Gasteiger partial charge is 0.225 e. The molecule has 0 aromatic carbocycles. The van der Waals surface area contributed by atoms with Crippen LogP contribution in [-0.2, 0) is 9.59 Å². The van der Waals surface area contributed by atoms with Gasteiger partial charge in [-0.05, 0) is 44.6 Å². The van der Waals surface area contributed by atoms with Crippen LogP contribution in [0.2, 0.25) is 0 Å². The summed E-state index contributed by atoms with van der Waals surface area (Å²) in [6.45, 7) is 10.2. The Bertz CT molecular complexity index is 519. The molecule has 7 heteroatoms. The van der Waals surface area contributed by atoms with Gasteiger partial charge >= 0.3 is 0 Å². The summed E-state index contributed by atoms with van der Waals surface area (Å²) in [7, 11) is 0. The van der Waals surface area contributed by atoms with E-state index < -0.39 is 0 Å². The fourth-order valence-corrected chi connectivity index (χ4v) is 5.24. The molecular formula is C20H36ClN3O3. The lowest BCUT2D eigenvalue weighted by molar-refractivity contribution is -0.132. The van der Waals surface area contributed by atoms with Crippen molar-refractivity contribution in [1.82, 2.24) is 15.5 Å². The first-order valence-corrected chi connectivity index (χ1v) is 10.8. The number of aliphatic hydroxyl groups is 1. The highest BCUT2D eigenvalue weighted by Gasteiger charge is 2.41. The summed E-state index contributed by atoms with van der Waals surface area (Å²) in [6, 6.07) is 0.383. The summed E-state index contributed by atoms with van der Waals surface area (Å²) in [4.78, 5) is 27.4. The standard InChI is InChI=1S/C20H36ClN3O3/c1-5-24(6-7-25)18-10-15(21)9-16(14(18)4)19(26)22-11-17-12(2)8-13(3)23-20(17)27/h12-18,25H,5-11H2,1-4H3,(H,22,26)(H,23,27). The van der Waals surface area contributed by atoms with Crippen LogP contribution in [0, 0.1) is 23.7 Å². The van der Waals surface area contributed by atoms with Crippen LogP contribution in [0.4, 0.5) is 0 Å². The van der Waals surface area contributed by atoms with Gasteiger partial charge < -0.3 is 15.7 Å². The molecule has 1 saturated heterocycles. The molecule has 6 nitrogen and oxygen atoms in total. The van der Waals surface area contributed by atoms with E-state index in [1.807, 2.05) is 6.92 Å². The molecule has 1 aliphatic heterocycles. The highest BCUT2D eigenvalue weighted by molar-refractivity contribution is 6.20. The molecule has 1 aliphatic carbocycles. The highest BCUT2D eigenvalue weighted by atomic mass is 35.5. The second-order valence-electron chi connectivity index (χ2n) is 8.43. The lowest BCUT2D eigenvalue weighted by Crippen LogP contribution is -2.53. The Balaban J connectivity index is 1.98. The molecule has 0 bridgehead atoms. The maximum absolute atomic E-state index is 12.9. The average Bonchev–Trinajstić information content (AvgIpc) is 2.60. The van der Waals surface area contributed by atoms with Crippen LogP contribution in [0.1, 0.15) is 47.0 Å². The Labute approximate surface area is 168 Å². The number of carbonyl (C=O) groups is 2. The van der Waals surface area contributed by atoms with Crippen LogP contribution in [0.3, 0.4) is 0 Å². The third-order valence-corrected chi connectivity index (χ3v) is 6.84. The summed E-state index contributed by atoms with van der Waals surface area (Å²) in [5.74, 6) is 0.103. The molecule has 0 aromatic heterocycles. The molecule has 156 valence electrons. The number of nitrogens with zero attached hydrogens (tertiary/aromatic N) is 1. The van der Waals surface area contributed by atoms with E-state index in [1.54, 1.807) is 0 Å². The molecule has 27 heavy (non-hydrogen) atoms. The Morgan fingerprint density at radius 3 is 2.59 bits per heavy atom. The lowest BCUT2D eigenvalue weighted by Gasteiger charge is -2.43. The second-order valence-corrected chi connectivity index (χ2v) is 9.05. The fourth-order valence-electron chi connectivity index (χ4n) is 4.87. The van der Waals surface area contributed by atoms with Crippen molar-refractivity contribution in [1.29, 1.82) is 0 Å². The molecular weight excluding hydrogens is 366 g/mol. The number of hydrogen-bond donors (Lipinski definition) is 3. The minimum atomic E-state index is -0.173. The van der Waals surface area contributed by atoms with Gasteiger partial charge in [-0.1, -0.05) is 20.8 Å². The molecule has 7 atom stereocenters. The minimum absolute atomic E-state index is 0.00322. The van der Waals surface area contributed by atoms with Crippen molar-refractivity contribution in [3.8, 4) is 0 Å².